The monoisotopic (exact) mass is 654 g/mol. The molecule has 1 spiro atoms. The molecule has 2 aromatic heterocycles. The van der Waals surface area contributed by atoms with Crippen molar-refractivity contribution in [2.45, 2.75) is 30.6 Å². The van der Waals surface area contributed by atoms with E-state index in [2.05, 4.69) is 20.1 Å². The van der Waals surface area contributed by atoms with Crippen molar-refractivity contribution < 1.29 is 31.1 Å². The van der Waals surface area contributed by atoms with Crippen LogP contribution in [-0.2, 0) is 14.9 Å². The standard InChI is InChI=1S/C25H22ClF3N8O4S2/c26-16-7-13(27)1-2-15(16)20-19(17-3-5-37(33-17)23(28)29)18-8-14(9-36(18)21(31-20)22-30-4-6-42-22)34-43(39,40)35-10-25(11-35)12-41-24(38)32-25/h1-7,14,20,23,34H,8-12H2,(H,32,38)/t14-,20-/m0/s1. The lowest BCUT2D eigenvalue weighted by atomic mass is 9.92. The number of carbonyl (C=O) groups is 1. The zero-order chi connectivity index (χ0) is 30.1. The van der Waals surface area contributed by atoms with Crippen LogP contribution in [0.1, 0.15) is 35.3 Å². The Hall–Kier alpha value is -3.51. The molecule has 7 rings (SSSR count). The molecule has 6 heterocycles. The second-order valence-electron chi connectivity index (χ2n) is 10.6. The van der Waals surface area contributed by atoms with Crippen molar-refractivity contribution in [1.82, 2.24) is 34.0 Å². The molecule has 3 saturated heterocycles. The highest BCUT2D eigenvalue weighted by atomic mass is 35.5. The number of hydrogen-bond donors (Lipinski definition) is 2. The Labute approximate surface area is 252 Å². The molecule has 1 aromatic carbocycles. The second kappa shape index (κ2) is 10.3. The maximum Gasteiger partial charge on any atom is 0.407 e. The number of ether oxygens (including phenoxy) is 1. The fraction of sp³-hybridized carbons (Fsp3) is 0.360. The smallest absolute Gasteiger partial charge is 0.407 e. The lowest BCUT2D eigenvalue weighted by Gasteiger charge is -2.44. The van der Waals surface area contributed by atoms with Gasteiger partial charge in [0.1, 0.15) is 24.0 Å². The Morgan fingerprint density at radius 2 is 2.07 bits per heavy atom. The normalized spacial score (nSPS) is 23.4. The number of carbonyl (C=O) groups excluding carboxylic acids is 1. The summed E-state index contributed by atoms with van der Waals surface area (Å²) >= 11 is 7.80. The third kappa shape index (κ3) is 4.98. The average Bonchev–Trinajstić information content (AvgIpc) is 3.73. The van der Waals surface area contributed by atoms with Crippen LogP contribution in [0.5, 0.6) is 0 Å². The minimum Gasteiger partial charge on any atom is -0.447 e. The van der Waals surface area contributed by atoms with Gasteiger partial charge in [0.15, 0.2) is 10.8 Å². The summed E-state index contributed by atoms with van der Waals surface area (Å²) in [7, 11) is -3.98. The number of rotatable bonds is 7. The summed E-state index contributed by atoms with van der Waals surface area (Å²) in [6.45, 7) is -2.54. The number of cyclic esters (lactones) is 1. The fourth-order valence-corrected chi connectivity index (χ4v) is 8.25. The van der Waals surface area contributed by atoms with Crippen LogP contribution in [0.25, 0.3) is 5.57 Å². The molecule has 18 heteroatoms. The lowest BCUT2D eigenvalue weighted by molar-refractivity contribution is 0.0564. The van der Waals surface area contributed by atoms with E-state index in [0.717, 1.165) is 12.3 Å². The van der Waals surface area contributed by atoms with Gasteiger partial charge in [0, 0.05) is 71.7 Å². The minimum atomic E-state index is -3.98. The van der Waals surface area contributed by atoms with E-state index in [1.807, 2.05) is 0 Å². The summed E-state index contributed by atoms with van der Waals surface area (Å²) in [5.74, 6) is -0.124. The SMILES string of the molecule is O=C1NC2(CO1)CN(S(=O)(=O)N[C@H]1CC3=C(c4ccn(C(F)F)n4)[C@H](c4ccc(F)cc4Cl)N=C(c4nccs4)N3C1)C2. The molecule has 12 nitrogen and oxygen atoms in total. The molecular weight excluding hydrogens is 633 g/mol. The first-order chi connectivity index (χ1) is 20.5. The number of amides is 1. The number of benzene rings is 1. The largest absolute Gasteiger partial charge is 0.447 e. The van der Waals surface area contributed by atoms with Crippen LogP contribution in [0, 0.1) is 5.82 Å². The van der Waals surface area contributed by atoms with Gasteiger partial charge in [0.25, 0.3) is 10.2 Å². The molecule has 2 N–H and O–H groups in total. The Morgan fingerprint density at radius 1 is 1.26 bits per heavy atom. The molecule has 0 unspecified atom stereocenters. The van der Waals surface area contributed by atoms with Gasteiger partial charge in [-0.2, -0.15) is 31.3 Å². The number of aromatic nitrogens is 3. The molecule has 4 aliphatic rings. The summed E-state index contributed by atoms with van der Waals surface area (Å²) in [6, 6.07) is 3.75. The molecule has 3 fully saturated rings. The second-order valence-corrected chi connectivity index (χ2v) is 13.6. The third-order valence-corrected chi connectivity index (χ3v) is 10.4. The van der Waals surface area contributed by atoms with Gasteiger partial charge in [-0.05, 0) is 18.2 Å². The van der Waals surface area contributed by atoms with Gasteiger partial charge in [0.2, 0.25) is 0 Å². The topological polar surface area (TPSA) is 134 Å². The molecule has 1 amide bonds. The summed E-state index contributed by atoms with van der Waals surface area (Å²) < 4.78 is 77.2. The molecule has 0 radical (unpaired) electrons. The van der Waals surface area contributed by atoms with Crippen molar-refractivity contribution in [3.05, 3.63) is 74.8 Å². The van der Waals surface area contributed by atoms with Gasteiger partial charge >= 0.3 is 12.6 Å². The minimum absolute atomic E-state index is 0.0560. The number of amidine groups is 1. The summed E-state index contributed by atoms with van der Waals surface area (Å²) in [4.78, 5) is 22.6. The van der Waals surface area contributed by atoms with Crippen LogP contribution in [0.3, 0.4) is 0 Å². The Bertz CT molecular complexity index is 1780. The predicted molar refractivity (Wildman–Crippen MR) is 149 cm³/mol. The van der Waals surface area contributed by atoms with Gasteiger partial charge in [-0.1, -0.05) is 17.7 Å². The van der Waals surface area contributed by atoms with E-state index in [4.69, 9.17) is 21.3 Å². The molecule has 0 saturated carbocycles. The van der Waals surface area contributed by atoms with Gasteiger partial charge in [-0.3, -0.25) is 4.99 Å². The molecule has 0 aliphatic carbocycles. The van der Waals surface area contributed by atoms with E-state index in [9.17, 15) is 26.4 Å². The van der Waals surface area contributed by atoms with Crippen molar-refractivity contribution in [1.29, 1.82) is 0 Å². The van der Waals surface area contributed by atoms with Crippen LogP contribution >= 0.6 is 22.9 Å². The third-order valence-electron chi connectivity index (χ3n) is 7.69. The Morgan fingerprint density at radius 3 is 2.72 bits per heavy atom. The van der Waals surface area contributed by atoms with E-state index in [1.165, 1.54) is 33.8 Å². The summed E-state index contributed by atoms with van der Waals surface area (Å²) in [5, 5.41) is 9.14. The number of fused-ring (bicyclic) bond motifs is 1. The highest BCUT2D eigenvalue weighted by molar-refractivity contribution is 7.87. The van der Waals surface area contributed by atoms with Crippen LogP contribution in [0.2, 0.25) is 5.02 Å². The first-order valence-corrected chi connectivity index (χ1v) is 15.7. The van der Waals surface area contributed by atoms with Crippen molar-refractivity contribution in [2.24, 2.45) is 4.99 Å². The number of nitrogens with zero attached hydrogens (tertiary/aromatic N) is 6. The number of aliphatic imine (C=N–C) groups is 1. The van der Waals surface area contributed by atoms with Crippen LogP contribution in [-0.4, -0.2) is 82.1 Å². The van der Waals surface area contributed by atoms with Crippen molar-refractivity contribution >= 4 is 50.6 Å². The summed E-state index contributed by atoms with van der Waals surface area (Å²) in [5.41, 5.74) is 0.891. The number of hydrogen-bond acceptors (Lipinski definition) is 9. The molecule has 226 valence electrons. The average molecular weight is 655 g/mol. The van der Waals surface area contributed by atoms with Crippen molar-refractivity contribution in [3.63, 3.8) is 0 Å². The van der Waals surface area contributed by atoms with E-state index in [-0.39, 0.29) is 43.4 Å². The predicted octanol–water partition coefficient (Wildman–Crippen LogP) is 3.14. The quantitative estimate of drug-likeness (QED) is 0.400. The molecule has 4 aliphatic heterocycles. The maximum absolute atomic E-state index is 14.0. The molecule has 2 atom stereocenters. The van der Waals surface area contributed by atoms with E-state index in [1.54, 1.807) is 16.5 Å². The van der Waals surface area contributed by atoms with E-state index in [0.29, 0.717) is 32.4 Å². The number of alkyl carbamates (subject to hydrolysis) is 1. The zero-order valence-electron chi connectivity index (χ0n) is 22.0. The lowest BCUT2D eigenvalue weighted by Crippen LogP contribution is -2.71. The van der Waals surface area contributed by atoms with Crippen molar-refractivity contribution in [3.8, 4) is 0 Å². The van der Waals surface area contributed by atoms with Gasteiger partial charge in [-0.15, -0.1) is 11.3 Å². The Kier molecular flexibility index (Phi) is 6.77. The van der Waals surface area contributed by atoms with E-state index >= 15 is 0 Å². The van der Waals surface area contributed by atoms with Crippen LogP contribution in [0.4, 0.5) is 18.0 Å². The number of nitrogens with one attached hydrogen (secondary N) is 2. The zero-order valence-corrected chi connectivity index (χ0v) is 24.3. The molecule has 0 bridgehead atoms. The van der Waals surface area contributed by atoms with Gasteiger partial charge < -0.3 is 15.0 Å². The first-order valence-electron chi connectivity index (χ1n) is 13.0. The van der Waals surface area contributed by atoms with E-state index < -0.39 is 46.3 Å². The molecular formula is C25H22ClF3N8O4S2. The fourth-order valence-electron chi connectivity index (χ4n) is 5.78. The Balaban J connectivity index is 1.27. The van der Waals surface area contributed by atoms with Gasteiger partial charge in [-0.25, -0.2) is 18.9 Å². The van der Waals surface area contributed by atoms with Crippen LogP contribution < -0.4 is 10.0 Å². The number of thiazole rings is 1. The van der Waals surface area contributed by atoms with Crippen LogP contribution in [0.15, 0.2) is 52.7 Å². The van der Waals surface area contributed by atoms with Gasteiger partial charge in [0.05, 0.1) is 5.69 Å². The maximum atomic E-state index is 14.0. The number of alkyl halides is 2. The summed E-state index contributed by atoms with van der Waals surface area (Å²) in [6.07, 6.45) is 2.32. The molecule has 43 heavy (non-hydrogen) atoms. The van der Waals surface area contributed by atoms with Crippen molar-refractivity contribution in [2.75, 3.05) is 26.2 Å². The first kappa shape index (κ1) is 28.3. The molecule has 3 aromatic rings. The highest BCUT2D eigenvalue weighted by Gasteiger charge is 2.54. The number of halogens is 4. The highest BCUT2D eigenvalue weighted by Crippen LogP contribution is 2.46.